The van der Waals surface area contributed by atoms with E-state index in [1.165, 1.54) is 48.5 Å². The van der Waals surface area contributed by atoms with Gasteiger partial charge in [-0.25, -0.2) is 4.98 Å². The summed E-state index contributed by atoms with van der Waals surface area (Å²) in [5.74, 6) is 10.1. The van der Waals surface area contributed by atoms with Crippen LogP contribution in [-0.4, -0.2) is 21.8 Å². The summed E-state index contributed by atoms with van der Waals surface area (Å²) < 4.78 is 54.5. The summed E-state index contributed by atoms with van der Waals surface area (Å²) in [5, 5.41) is 15.5. The molecule has 1 aromatic heterocycles. The van der Waals surface area contributed by atoms with E-state index in [2.05, 4.69) is 30.3 Å². The Balaban J connectivity index is 1.88. The number of rotatable bonds is 8. The quantitative estimate of drug-likeness (QED) is 0.335. The lowest BCUT2D eigenvalue weighted by atomic mass is 10.1. The fourth-order valence-corrected chi connectivity index (χ4v) is 3.93. The molecule has 0 radical (unpaired) electrons. The minimum Gasteiger partial charge on any atom is -0.340 e. The number of aromatic nitrogens is 1. The first-order valence-corrected chi connectivity index (χ1v) is 11.8. The summed E-state index contributed by atoms with van der Waals surface area (Å²) >= 11 is 0. The molecule has 0 aliphatic carbocycles. The summed E-state index contributed by atoms with van der Waals surface area (Å²) in [7, 11) is -8.07. The molecule has 0 fully saturated rings. The first-order chi connectivity index (χ1) is 15.6. The average Bonchev–Trinajstić information content (AvgIpc) is 2.80. The van der Waals surface area contributed by atoms with Gasteiger partial charge in [-0.2, -0.15) is 42.5 Å². The van der Waals surface area contributed by atoms with Crippen LogP contribution in [0.4, 0.5) is 23.0 Å². The van der Waals surface area contributed by atoms with Gasteiger partial charge in [-0.1, -0.05) is 0 Å². The third-order valence-corrected chi connectivity index (χ3v) is 6.61. The lowest BCUT2D eigenvalue weighted by molar-refractivity contribution is 0.332. The molecule has 12 nitrogen and oxygen atoms in total. The Bertz CT molecular complexity index is 1420. The number of hydrogen-bond acceptors (Lipinski definition) is 12. The molecular weight excluding hydrogens is 472 g/mol. The zero-order chi connectivity index (χ0) is 24.2. The van der Waals surface area contributed by atoms with Crippen molar-refractivity contribution in [3.05, 3.63) is 65.7 Å². The second-order valence-electron chi connectivity index (χ2n) is 6.56. The highest BCUT2D eigenvalue weighted by atomic mass is 32.2. The van der Waals surface area contributed by atoms with E-state index in [0.717, 1.165) is 0 Å². The minimum absolute atomic E-state index is 0.118. The lowest BCUT2D eigenvalue weighted by Crippen LogP contribution is -2.11. The predicted molar refractivity (Wildman–Crippen MR) is 118 cm³/mol. The Morgan fingerprint density at radius 2 is 1.30 bits per heavy atom. The molecule has 1 heterocycles. The molecule has 0 aliphatic heterocycles. The largest absolute Gasteiger partial charge is 0.340 e. The minimum atomic E-state index is -4.04. The van der Waals surface area contributed by atoms with Crippen LogP contribution in [0.5, 0.6) is 0 Å². The first kappa shape index (κ1) is 24.1. The second kappa shape index (κ2) is 9.50. The highest BCUT2D eigenvalue weighted by Crippen LogP contribution is 2.27. The Kier molecular flexibility index (Phi) is 6.93. The lowest BCUT2D eigenvalue weighted by Gasteiger charge is -2.13. The number of benzene rings is 2. The Morgan fingerprint density at radius 1 is 0.848 bits per heavy atom. The molecular formula is C19H18N6O6S2. The van der Waals surface area contributed by atoms with Gasteiger partial charge in [0.15, 0.2) is 5.82 Å². The fourth-order valence-electron chi connectivity index (χ4n) is 2.77. The maximum Gasteiger partial charge on any atom is 0.312 e. The van der Waals surface area contributed by atoms with E-state index < -0.39 is 20.2 Å². The number of aryl methyl sites for hydroxylation is 1. The Morgan fingerprint density at radius 3 is 1.73 bits per heavy atom. The molecule has 0 aliphatic rings. The van der Waals surface area contributed by atoms with Crippen LogP contribution in [0.2, 0.25) is 0 Å². The first-order valence-electron chi connectivity index (χ1n) is 9.02. The number of nitrogens with zero attached hydrogens (tertiary/aromatic N) is 2. The summed E-state index contributed by atoms with van der Waals surface area (Å²) in [6, 6.07) is 14.8. The summed E-state index contributed by atoms with van der Waals surface area (Å²) in [4.78, 5) is 4.14. The topological polar surface area (TPSA) is 200 Å². The zero-order valence-electron chi connectivity index (χ0n) is 17.0. The fraction of sp³-hybridized carbons (Fsp3) is 0.0526. The zero-order valence-corrected chi connectivity index (χ0v) is 18.6. The van der Waals surface area contributed by atoms with E-state index in [1.807, 2.05) is 0 Å². The molecule has 3 rings (SSSR count). The van der Waals surface area contributed by atoms with E-state index in [9.17, 15) is 22.1 Å². The van der Waals surface area contributed by atoms with Gasteiger partial charge in [-0.05, 0) is 67.1 Å². The molecule has 33 heavy (non-hydrogen) atoms. The molecule has 0 unspecified atom stereocenters. The molecule has 0 atom stereocenters. The van der Waals surface area contributed by atoms with Gasteiger partial charge in [0.05, 0.1) is 15.4 Å². The molecule has 0 amide bonds. The third kappa shape index (κ3) is 5.43. The summed E-state index contributed by atoms with van der Waals surface area (Å²) in [5.41, 5.74) is 1.88. The van der Waals surface area contributed by atoms with Crippen molar-refractivity contribution in [2.75, 3.05) is 10.6 Å². The van der Waals surface area contributed by atoms with E-state index in [1.54, 1.807) is 13.0 Å². The van der Waals surface area contributed by atoms with E-state index in [0.29, 0.717) is 22.8 Å². The van der Waals surface area contributed by atoms with Crippen molar-refractivity contribution in [2.24, 2.45) is 11.8 Å². The summed E-state index contributed by atoms with van der Waals surface area (Å²) in [6.07, 6.45) is 0. The standard InChI is InChI=1S/C19H18N6O6S2/c1-12-10-18(23-13-2-6-15(7-3-13)32(26,27)30-21)25-19(17(12)11-20)24-14-4-8-16(9-5-14)33(28,29)31-22/h2-10H,21-22H2,1H3,(H2,23,24,25). The molecule has 0 spiro atoms. The van der Waals surface area contributed by atoms with Crippen molar-refractivity contribution >= 4 is 43.2 Å². The van der Waals surface area contributed by atoms with Crippen molar-refractivity contribution in [3.63, 3.8) is 0 Å². The van der Waals surface area contributed by atoms with Crippen molar-refractivity contribution < 1.29 is 25.4 Å². The van der Waals surface area contributed by atoms with Crippen LogP contribution in [0.15, 0.2) is 64.4 Å². The molecule has 2 aromatic carbocycles. The number of nitriles is 1. The van der Waals surface area contributed by atoms with Gasteiger partial charge in [-0.3, -0.25) is 0 Å². The maximum absolute atomic E-state index is 11.6. The highest BCUT2D eigenvalue weighted by Gasteiger charge is 2.16. The average molecular weight is 491 g/mol. The molecule has 6 N–H and O–H groups in total. The normalized spacial score (nSPS) is 11.6. The SMILES string of the molecule is Cc1cc(Nc2ccc(S(=O)(=O)ON)cc2)nc(Nc2ccc(S(=O)(=O)ON)cc2)c1C#N. The number of pyridine rings is 1. The van der Waals surface area contributed by atoms with Gasteiger partial charge in [-0.15, -0.1) is 0 Å². The van der Waals surface area contributed by atoms with Crippen molar-refractivity contribution in [2.45, 2.75) is 16.7 Å². The maximum atomic E-state index is 11.6. The molecule has 3 aromatic rings. The monoisotopic (exact) mass is 490 g/mol. The van der Waals surface area contributed by atoms with Crippen LogP contribution in [0.1, 0.15) is 11.1 Å². The van der Waals surface area contributed by atoms with Gasteiger partial charge in [0, 0.05) is 11.4 Å². The molecule has 0 saturated carbocycles. The molecule has 0 saturated heterocycles. The van der Waals surface area contributed by atoms with E-state index in [4.69, 9.17) is 11.8 Å². The van der Waals surface area contributed by atoms with Crippen molar-refractivity contribution in [1.29, 1.82) is 5.26 Å². The van der Waals surface area contributed by atoms with Gasteiger partial charge in [0.1, 0.15) is 11.9 Å². The van der Waals surface area contributed by atoms with Gasteiger partial charge in [0.2, 0.25) is 0 Å². The van der Waals surface area contributed by atoms with Crippen molar-refractivity contribution in [3.8, 4) is 6.07 Å². The van der Waals surface area contributed by atoms with Gasteiger partial charge < -0.3 is 10.6 Å². The molecule has 172 valence electrons. The Hall–Kier alpha value is -3.58. The number of nitrogens with two attached hydrogens (primary N) is 2. The van der Waals surface area contributed by atoms with Crippen LogP contribution in [0.25, 0.3) is 0 Å². The van der Waals surface area contributed by atoms with Crippen molar-refractivity contribution in [1.82, 2.24) is 4.98 Å². The van der Waals surface area contributed by atoms with Crippen LogP contribution < -0.4 is 22.4 Å². The number of hydrogen-bond donors (Lipinski definition) is 4. The van der Waals surface area contributed by atoms with Crippen LogP contribution in [0, 0.1) is 18.3 Å². The summed E-state index contributed by atoms with van der Waals surface area (Å²) in [6.45, 7) is 1.72. The predicted octanol–water partition coefficient (Wildman–Crippen LogP) is 1.91. The molecule has 14 heteroatoms. The smallest absolute Gasteiger partial charge is 0.312 e. The Labute approximate surface area is 189 Å². The number of anilines is 4. The van der Waals surface area contributed by atoms with Crippen LogP contribution >= 0.6 is 0 Å². The van der Waals surface area contributed by atoms with E-state index >= 15 is 0 Å². The second-order valence-corrected chi connectivity index (χ2v) is 9.70. The number of nitrogens with one attached hydrogen (secondary N) is 2. The van der Waals surface area contributed by atoms with Gasteiger partial charge in [0.25, 0.3) is 0 Å². The van der Waals surface area contributed by atoms with Gasteiger partial charge >= 0.3 is 20.2 Å². The van der Waals surface area contributed by atoms with E-state index in [-0.39, 0.29) is 21.2 Å². The van der Waals surface area contributed by atoms with Crippen LogP contribution in [0.3, 0.4) is 0 Å². The third-order valence-electron chi connectivity index (χ3n) is 4.40. The van der Waals surface area contributed by atoms with Crippen LogP contribution in [-0.2, 0) is 28.8 Å². The highest BCUT2D eigenvalue weighted by molar-refractivity contribution is 7.87. The molecule has 0 bridgehead atoms.